The van der Waals surface area contributed by atoms with Crippen molar-refractivity contribution in [2.45, 2.75) is 59.6 Å². The number of hydrogen-bond donors (Lipinski definition) is 0. The Kier molecular flexibility index (Phi) is 6.19. The molecule has 4 heteroatoms. The van der Waals surface area contributed by atoms with Crippen LogP contribution in [0, 0.1) is 0 Å². The first-order valence-electron chi connectivity index (χ1n) is 7.45. The van der Waals surface area contributed by atoms with E-state index in [1.54, 1.807) is 0 Å². The summed E-state index contributed by atoms with van der Waals surface area (Å²) in [4.78, 5) is 23.6. The molecule has 1 rings (SSSR count). The summed E-state index contributed by atoms with van der Waals surface area (Å²) in [5.74, 6) is 0.727. The monoisotopic (exact) mass is 287 g/mol. The van der Waals surface area contributed by atoms with Crippen LogP contribution in [0.2, 0.25) is 13.1 Å². The topological polar surface area (TPSA) is 43.4 Å². The molecule has 0 N–H and O–H groups in total. The molecule has 0 aromatic heterocycles. The summed E-state index contributed by atoms with van der Waals surface area (Å²) >= 11 is 0. The van der Waals surface area contributed by atoms with Gasteiger partial charge in [0.2, 0.25) is 0 Å². The number of carbonyl (C=O) groups excluding carboxylic acids is 2. The van der Waals surface area contributed by atoms with Gasteiger partial charge in [-0.05, 0) is 41.4 Å². The molecule has 0 bridgehead atoms. The molecule has 113 valence electrons. The van der Waals surface area contributed by atoms with Crippen molar-refractivity contribution in [3.63, 3.8) is 0 Å². The molecule has 0 unspecified atom stereocenters. The third-order valence-electron chi connectivity index (χ3n) is 3.35. The number of carbonyl (C=O) groups is 2. The lowest BCUT2D eigenvalue weighted by atomic mass is 9.74. The average molecular weight is 287 g/mol. The van der Waals surface area contributed by atoms with Gasteiger partial charge in [0.1, 0.15) is 13.0 Å². The molecular formula is C17H24BO3. The van der Waals surface area contributed by atoms with Crippen LogP contribution in [-0.2, 0) is 4.79 Å². The second kappa shape index (κ2) is 7.44. The van der Waals surface area contributed by atoms with Gasteiger partial charge in [-0.1, -0.05) is 34.5 Å². The second-order valence-corrected chi connectivity index (χ2v) is 5.92. The molecule has 0 amide bonds. The zero-order chi connectivity index (χ0) is 16.2. The first-order valence-corrected chi connectivity index (χ1v) is 7.45. The normalized spacial score (nSPS) is 10.9. The second-order valence-electron chi connectivity index (χ2n) is 5.92. The van der Waals surface area contributed by atoms with Crippen molar-refractivity contribution >= 4 is 19.0 Å². The lowest BCUT2D eigenvalue weighted by Gasteiger charge is -2.20. The van der Waals surface area contributed by atoms with E-state index >= 15 is 0 Å². The summed E-state index contributed by atoms with van der Waals surface area (Å²) < 4.78 is 5.44. The Hall–Kier alpha value is -1.58. The Balaban J connectivity index is 3.48. The third kappa shape index (κ3) is 4.45. The Morgan fingerprint density at radius 3 is 1.90 bits per heavy atom. The molecule has 21 heavy (non-hydrogen) atoms. The molecule has 1 aromatic carbocycles. The zero-order valence-corrected chi connectivity index (χ0v) is 13.8. The quantitative estimate of drug-likeness (QED) is 0.340. The van der Waals surface area contributed by atoms with E-state index in [-0.39, 0.29) is 23.6 Å². The highest BCUT2D eigenvalue weighted by molar-refractivity contribution is 6.41. The van der Waals surface area contributed by atoms with Gasteiger partial charge in [-0.3, -0.25) is 9.59 Å². The fourth-order valence-electron chi connectivity index (χ4n) is 2.26. The Bertz CT molecular complexity index is 504. The van der Waals surface area contributed by atoms with E-state index in [1.165, 1.54) is 6.92 Å². The van der Waals surface area contributed by atoms with Crippen molar-refractivity contribution in [2.75, 3.05) is 0 Å². The highest BCUT2D eigenvalue weighted by atomic mass is 16.5. The molecule has 0 aliphatic carbocycles. The van der Waals surface area contributed by atoms with Gasteiger partial charge in [0.05, 0.1) is 0 Å². The van der Waals surface area contributed by atoms with E-state index in [4.69, 9.17) is 4.74 Å². The third-order valence-corrected chi connectivity index (χ3v) is 3.35. The van der Waals surface area contributed by atoms with E-state index in [0.717, 1.165) is 11.1 Å². The molecule has 0 fully saturated rings. The van der Waals surface area contributed by atoms with Crippen LogP contribution >= 0.6 is 0 Å². The Morgan fingerprint density at radius 1 is 1.10 bits per heavy atom. The molecule has 0 atom stereocenters. The number of esters is 1. The summed E-state index contributed by atoms with van der Waals surface area (Å²) in [5, 5.41) is 0. The van der Waals surface area contributed by atoms with Crippen LogP contribution in [0.1, 0.15) is 67.9 Å². The zero-order valence-electron chi connectivity index (χ0n) is 13.8. The van der Waals surface area contributed by atoms with Crippen LogP contribution in [-0.4, -0.2) is 19.0 Å². The molecule has 0 saturated carbocycles. The molecule has 1 radical (unpaired) electrons. The predicted molar refractivity (Wildman–Crippen MR) is 86.7 cm³/mol. The Morgan fingerprint density at radius 2 is 1.57 bits per heavy atom. The maximum Gasteiger partial charge on any atom is 0.308 e. The molecule has 3 nitrogen and oxygen atoms in total. The van der Waals surface area contributed by atoms with Gasteiger partial charge in [0.25, 0.3) is 0 Å². The van der Waals surface area contributed by atoms with Gasteiger partial charge in [0.15, 0.2) is 5.78 Å². The van der Waals surface area contributed by atoms with E-state index in [9.17, 15) is 9.59 Å². The van der Waals surface area contributed by atoms with Crippen molar-refractivity contribution < 1.29 is 14.3 Å². The number of rotatable bonds is 6. The molecule has 0 aliphatic heterocycles. The van der Waals surface area contributed by atoms with Crippen molar-refractivity contribution in [1.82, 2.24) is 0 Å². The van der Waals surface area contributed by atoms with Gasteiger partial charge < -0.3 is 4.74 Å². The summed E-state index contributed by atoms with van der Waals surface area (Å²) in [7, 11) is 1.85. The minimum Gasteiger partial charge on any atom is -0.426 e. The lowest BCUT2D eigenvalue weighted by molar-refractivity contribution is -0.132. The van der Waals surface area contributed by atoms with Crippen molar-refractivity contribution in [3.8, 4) is 5.75 Å². The first-order chi connectivity index (χ1) is 9.77. The summed E-state index contributed by atoms with van der Waals surface area (Å²) in [6.07, 6.45) is 0.419. The SMILES string of the molecule is C[B]CC(=O)c1cc(C(C)C)c(OC(C)=O)c(C(C)C)c1. The highest BCUT2D eigenvalue weighted by Crippen LogP contribution is 2.36. The number of Topliss-reactive ketones (excluding diaryl/α,β-unsaturated/α-hetero) is 1. The molecule has 0 aliphatic rings. The van der Waals surface area contributed by atoms with Crippen LogP contribution in [0.3, 0.4) is 0 Å². The average Bonchev–Trinajstić information content (AvgIpc) is 2.37. The van der Waals surface area contributed by atoms with Crippen LogP contribution < -0.4 is 4.74 Å². The fourth-order valence-corrected chi connectivity index (χ4v) is 2.26. The van der Waals surface area contributed by atoms with E-state index in [0.29, 0.717) is 17.6 Å². The van der Waals surface area contributed by atoms with Gasteiger partial charge in [0, 0.05) is 12.5 Å². The number of hydrogen-bond acceptors (Lipinski definition) is 3. The van der Waals surface area contributed by atoms with Gasteiger partial charge in [-0.25, -0.2) is 0 Å². The van der Waals surface area contributed by atoms with Crippen LogP contribution in [0.5, 0.6) is 5.75 Å². The summed E-state index contributed by atoms with van der Waals surface area (Å²) in [5.41, 5.74) is 2.52. The fraction of sp³-hybridized carbons (Fsp3) is 0.529. The summed E-state index contributed by atoms with van der Waals surface area (Å²) in [6.45, 7) is 11.4. The number of benzene rings is 1. The first kappa shape index (κ1) is 17.5. The maximum atomic E-state index is 12.2. The standard InChI is InChI=1S/C17H24BO3/c1-10(2)14-7-13(16(20)9-18-6)8-15(11(3)4)17(14)21-12(5)19/h7-8,10-11H,9H2,1-6H3. The molecule has 0 spiro atoms. The molecular weight excluding hydrogens is 263 g/mol. The highest BCUT2D eigenvalue weighted by Gasteiger charge is 2.20. The van der Waals surface area contributed by atoms with E-state index < -0.39 is 0 Å². The van der Waals surface area contributed by atoms with Gasteiger partial charge in [-0.2, -0.15) is 0 Å². The van der Waals surface area contributed by atoms with E-state index in [2.05, 4.69) is 0 Å². The van der Waals surface area contributed by atoms with Crippen molar-refractivity contribution in [1.29, 1.82) is 0 Å². The van der Waals surface area contributed by atoms with Gasteiger partial charge in [-0.15, -0.1) is 0 Å². The lowest BCUT2D eigenvalue weighted by Crippen LogP contribution is -2.11. The minimum absolute atomic E-state index is 0.0932. The van der Waals surface area contributed by atoms with Gasteiger partial charge >= 0.3 is 5.97 Å². The predicted octanol–water partition coefficient (Wildman–Crippen LogP) is 4.21. The van der Waals surface area contributed by atoms with E-state index in [1.807, 2.05) is 53.9 Å². The summed E-state index contributed by atoms with van der Waals surface area (Å²) in [6, 6.07) is 3.72. The van der Waals surface area contributed by atoms with Crippen LogP contribution in [0.15, 0.2) is 12.1 Å². The minimum atomic E-state index is -0.334. The molecule has 1 aromatic rings. The smallest absolute Gasteiger partial charge is 0.308 e. The van der Waals surface area contributed by atoms with Crippen LogP contribution in [0.4, 0.5) is 0 Å². The largest absolute Gasteiger partial charge is 0.426 e. The number of ether oxygens (including phenoxy) is 1. The number of ketones is 1. The molecule has 0 saturated heterocycles. The van der Waals surface area contributed by atoms with Crippen LogP contribution in [0.25, 0.3) is 0 Å². The maximum absolute atomic E-state index is 12.2. The Labute approximate surface area is 128 Å². The molecule has 0 heterocycles. The van der Waals surface area contributed by atoms with Crippen molar-refractivity contribution in [3.05, 3.63) is 28.8 Å². The van der Waals surface area contributed by atoms with Crippen molar-refractivity contribution in [2.24, 2.45) is 0 Å².